The highest BCUT2D eigenvalue weighted by molar-refractivity contribution is 6.31. The highest BCUT2D eigenvalue weighted by atomic mass is 35.5. The molecule has 1 aliphatic rings. The van der Waals surface area contributed by atoms with E-state index >= 15 is 0 Å². The number of rotatable bonds is 2. The van der Waals surface area contributed by atoms with E-state index in [1.54, 1.807) is 24.3 Å². The molecule has 2 aromatic rings. The van der Waals surface area contributed by atoms with Gasteiger partial charge in [-0.25, -0.2) is 0 Å². The molecule has 0 spiro atoms. The van der Waals surface area contributed by atoms with Crippen LogP contribution in [0.1, 0.15) is 10.6 Å². The molecule has 0 saturated carbocycles. The van der Waals surface area contributed by atoms with E-state index in [0.717, 1.165) is 11.9 Å². The van der Waals surface area contributed by atoms with Gasteiger partial charge >= 0.3 is 0 Å². The number of nitrogens with zero attached hydrogens (tertiary/aromatic N) is 1. The first-order chi connectivity index (χ1) is 9.13. The van der Waals surface area contributed by atoms with Crippen LogP contribution in [-0.4, -0.2) is 43.5 Å². The topological polar surface area (TPSA) is 42.7 Å². The third-order valence-corrected chi connectivity index (χ3v) is 3.52. The number of likely N-dealkylation sites (N-methyl/N-ethyl adjacent to an activating group) is 1. The van der Waals surface area contributed by atoms with E-state index in [9.17, 15) is 4.79 Å². The van der Waals surface area contributed by atoms with Crippen LogP contribution in [0.4, 0.5) is 0 Å². The standard InChI is InChI=1S/C14H14ClNO3/c1-16-4-5-18-13(8-16)14(17)12-7-9-6-10(15)2-3-11(9)19-12/h2-3,6-7,13H,4-5,8H2,1H3. The molecule has 100 valence electrons. The largest absolute Gasteiger partial charge is 0.453 e. The smallest absolute Gasteiger partial charge is 0.227 e. The lowest BCUT2D eigenvalue weighted by atomic mass is 10.1. The molecule has 1 unspecified atom stereocenters. The summed E-state index contributed by atoms with van der Waals surface area (Å²) in [6, 6.07) is 7.02. The molecule has 1 aromatic heterocycles. The van der Waals surface area contributed by atoms with Crippen LogP contribution in [-0.2, 0) is 4.74 Å². The zero-order valence-corrected chi connectivity index (χ0v) is 11.3. The minimum absolute atomic E-state index is 0.112. The van der Waals surface area contributed by atoms with E-state index in [0.29, 0.717) is 29.5 Å². The Kier molecular flexibility index (Phi) is 3.31. The second-order valence-electron chi connectivity index (χ2n) is 4.78. The van der Waals surface area contributed by atoms with Gasteiger partial charge in [0, 0.05) is 23.5 Å². The van der Waals surface area contributed by atoms with Crippen LogP contribution in [0.3, 0.4) is 0 Å². The number of morpholine rings is 1. The summed E-state index contributed by atoms with van der Waals surface area (Å²) in [7, 11) is 1.97. The van der Waals surface area contributed by atoms with Gasteiger partial charge < -0.3 is 14.1 Å². The number of ketones is 1. The molecule has 1 atom stereocenters. The Bertz CT molecular complexity index is 622. The van der Waals surface area contributed by atoms with Crippen molar-refractivity contribution in [1.29, 1.82) is 0 Å². The van der Waals surface area contributed by atoms with Gasteiger partial charge in [0.2, 0.25) is 5.78 Å². The molecule has 3 rings (SSSR count). The van der Waals surface area contributed by atoms with Gasteiger partial charge in [-0.1, -0.05) is 11.6 Å². The Balaban J connectivity index is 1.88. The fourth-order valence-corrected chi connectivity index (χ4v) is 2.41. The normalized spacial score (nSPS) is 20.8. The summed E-state index contributed by atoms with van der Waals surface area (Å²) in [5.41, 5.74) is 0.664. The molecule has 0 amide bonds. The zero-order valence-electron chi connectivity index (χ0n) is 10.6. The molecule has 0 radical (unpaired) electrons. The summed E-state index contributed by atoms with van der Waals surface area (Å²) in [6.07, 6.45) is -0.449. The molecular weight excluding hydrogens is 266 g/mol. The SMILES string of the molecule is CN1CCOC(C(=O)c2cc3cc(Cl)ccc3o2)C1. The second-order valence-corrected chi connectivity index (χ2v) is 5.22. The molecule has 19 heavy (non-hydrogen) atoms. The molecule has 1 aromatic carbocycles. The van der Waals surface area contributed by atoms with Crippen LogP contribution < -0.4 is 0 Å². The average molecular weight is 280 g/mol. The molecule has 4 nitrogen and oxygen atoms in total. The van der Waals surface area contributed by atoms with Gasteiger partial charge in [-0.05, 0) is 31.3 Å². The van der Waals surface area contributed by atoms with Crippen molar-refractivity contribution < 1.29 is 13.9 Å². The molecule has 1 aliphatic heterocycles. The molecule has 1 fully saturated rings. The Hall–Kier alpha value is -1.36. The van der Waals surface area contributed by atoms with Gasteiger partial charge in [0.25, 0.3) is 0 Å². The quantitative estimate of drug-likeness (QED) is 0.793. The minimum atomic E-state index is -0.449. The van der Waals surface area contributed by atoms with Crippen molar-refractivity contribution in [1.82, 2.24) is 4.90 Å². The van der Waals surface area contributed by atoms with Gasteiger partial charge in [0.05, 0.1) is 6.61 Å². The summed E-state index contributed by atoms with van der Waals surface area (Å²) in [5, 5.41) is 1.46. The van der Waals surface area contributed by atoms with E-state index in [1.807, 2.05) is 7.05 Å². The van der Waals surface area contributed by atoms with Crippen molar-refractivity contribution in [3.8, 4) is 0 Å². The number of furan rings is 1. The summed E-state index contributed by atoms with van der Waals surface area (Å²) >= 11 is 5.92. The van der Waals surface area contributed by atoms with Crippen LogP contribution >= 0.6 is 11.6 Å². The lowest BCUT2D eigenvalue weighted by Gasteiger charge is -2.28. The van der Waals surface area contributed by atoms with Gasteiger partial charge in [-0.2, -0.15) is 0 Å². The molecule has 1 saturated heterocycles. The summed E-state index contributed by atoms with van der Waals surface area (Å²) in [6.45, 7) is 2.01. The zero-order chi connectivity index (χ0) is 13.4. The Morgan fingerprint density at radius 1 is 1.42 bits per heavy atom. The van der Waals surface area contributed by atoms with Crippen molar-refractivity contribution in [2.24, 2.45) is 0 Å². The lowest BCUT2D eigenvalue weighted by molar-refractivity contribution is -0.00987. The Morgan fingerprint density at radius 2 is 2.26 bits per heavy atom. The number of fused-ring (bicyclic) bond motifs is 1. The molecular formula is C14H14ClNO3. The van der Waals surface area contributed by atoms with Crippen LogP contribution in [0.2, 0.25) is 5.02 Å². The third kappa shape index (κ3) is 2.52. The predicted octanol–water partition coefficient (Wildman–Crippen LogP) is 2.60. The minimum Gasteiger partial charge on any atom is -0.453 e. The maximum absolute atomic E-state index is 12.3. The number of carbonyl (C=O) groups excluding carboxylic acids is 1. The number of carbonyl (C=O) groups is 1. The first kappa shape index (κ1) is 12.7. The number of halogens is 1. The van der Waals surface area contributed by atoms with Gasteiger partial charge in [0.1, 0.15) is 11.7 Å². The number of Topliss-reactive ketones (excluding diaryl/α,β-unsaturated/α-hetero) is 1. The van der Waals surface area contributed by atoms with E-state index in [4.69, 9.17) is 20.8 Å². The maximum atomic E-state index is 12.3. The molecule has 5 heteroatoms. The van der Waals surface area contributed by atoms with E-state index in [1.165, 1.54) is 0 Å². The third-order valence-electron chi connectivity index (χ3n) is 3.28. The van der Waals surface area contributed by atoms with Crippen LogP contribution in [0.5, 0.6) is 0 Å². The fourth-order valence-electron chi connectivity index (χ4n) is 2.23. The van der Waals surface area contributed by atoms with Crippen molar-refractivity contribution in [2.45, 2.75) is 6.10 Å². The van der Waals surface area contributed by atoms with E-state index in [-0.39, 0.29) is 5.78 Å². The lowest BCUT2D eigenvalue weighted by Crippen LogP contribution is -2.44. The highest BCUT2D eigenvalue weighted by Crippen LogP contribution is 2.24. The number of hydrogen-bond acceptors (Lipinski definition) is 4. The Labute approximate surface area is 115 Å². The summed E-state index contributed by atoms with van der Waals surface area (Å²) < 4.78 is 11.1. The van der Waals surface area contributed by atoms with Gasteiger partial charge in [-0.15, -0.1) is 0 Å². The van der Waals surface area contributed by atoms with Crippen LogP contribution in [0.25, 0.3) is 11.0 Å². The summed E-state index contributed by atoms with van der Waals surface area (Å²) in [5.74, 6) is 0.219. The Morgan fingerprint density at radius 3 is 3.05 bits per heavy atom. The average Bonchev–Trinajstić information content (AvgIpc) is 2.80. The molecule has 0 bridgehead atoms. The van der Waals surface area contributed by atoms with Crippen molar-refractivity contribution in [3.05, 3.63) is 35.0 Å². The second kappa shape index (κ2) is 4.96. The van der Waals surface area contributed by atoms with Gasteiger partial charge in [-0.3, -0.25) is 4.79 Å². The number of benzene rings is 1. The number of ether oxygens (including phenoxy) is 1. The molecule has 0 aliphatic carbocycles. The number of hydrogen-bond donors (Lipinski definition) is 0. The highest BCUT2D eigenvalue weighted by Gasteiger charge is 2.28. The van der Waals surface area contributed by atoms with E-state index in [2.05, 4.69) is 4.90 Å². The maximum Gasteiger partial charge on any atom is 0.227 e. The molecule has 0 N–H and O–H groups in total. The fraction of sp³-hybridized carbons (Fsp3) is 0.357. The van der Waals surface area contributed by atoms with Crippen molar-refractivity contribution in [3.63, 3.8) is 0 Å². The van der Waals surface area contributed by atoms with Crippen molar-refractivity contribution in [2.75, 3.05) is 26.7 Å². The first-order valence-corrected chi connectivity index (χ1v) is 6.55. The van der Waals surface area contributed by atoms with Crippen LogP contribution in [0, 0.1) is 0 Å². The molecule has 2 heterocycles. The first-order valence-electron chi connectivity index (χ1n) is 6.17. The van der Waals surface area contributed by atoms with Gasteiger partial charge in [0.15, 0.2) is 5.76 Å². The van der Waals surface area contributed by atoms with Crippen molar-refractivity contribution >= 4 is 28.4 Å². The van der Waals surface area contributed by atoms with Crippen LogP contribution in [0.15, 0.2) is 28.7 Å². The van der Waals surface area contributed by atoms with E-state index < -0.39 is 6.10 Å². The monoisotopic (exact) mass is 279 g/mol. The predicted molar refractivity (Wildman–Crippen MR) is 72.8 cm³/mol. The summed E-state index contributed by atoms with van der Waals surface area (Å²) in [4.78, 5) is 14.4.